The lowest BCUT2D eigenvalue weighted by Crippen LogP contribution is -2.47. The Morgan fingerprint density at radius 3 is 2.80 bits per heavy atom. The van der Waals surface area contributed by atoms with Crippen molar-refractivity contribution in [1.82, 2.24) is 4.90 Å². The maximum absolute atomic E-state index is 11.7. The van der Waals surface area contributed by atoms with Gasteiger partial charge in [0, 0.05) is 12.8 Å². The minimum Gasteiger partial charge on any atom is -0.464 e. The average Bonchev–Trinajstić information content (AvgIpc) is 2.76. The van der Waals surface area contributed by atoms with Crippen molar-refractivity contribution in [2.24, 2.45) is 5.92 Å². The first-order chi connectivity index (χ1) is 7.15. The van der Waals surface area contributed by atoms with Gasteiger partial charge in [-0.25, -0.2) is 4.79 Å². The van der Waals surface area contributed by atoms with Crippen LogP contribution in [0.1, 0.15) is 20.3 Å². The molecule has 1 amide bonds. The van der Waals surface area contributed by atoms with Crippen LogP contribution in [-0.4, -0.2) is 35.5 Å². The Morgan fingerprint density at radius 1 is 1.47 bits per heavy atom. The van der Waals surface area contributed by atoms with Gasteiger partial charge in [-0.1, -0.05) is 12.2 Å². The highest BCUT2D eigenvalue weighted by Gasteiger charge is 2.48. The fraction of sp³-hybridized carbons (Fsp3) is 0.636. The zero-order valence-corrected chi connectivity index (χ0v) is 8.97. The lowest BCUT2D eigenvalue weighted by atomic mass is 10.0. The summed E-state index contributed by atoms with van der Waals surface area (Å²) >= 11 is 0. The first-order valence-corrected chi connectivity index (χ1v) is 5.29. The van der Waals surface area contributed by atoms with Crippen LogP contribution >= 0.6 is 0 Å². The zero-order valence-electron chi connectivity index (χ0n) is 8.97. The molecule has 4 nitrogen and oxygen atoms in total. The quantitative estimate of drug-likeness (QED) is 0.497. The number of fused-ring (bicyclic) bond motifs is 2. The third kappa shape index (κ3) is 1.54. The Labute approximate surface area is 88.9 Å². The Balaban J connectivity index is 2.19. The Kier molecular flexibility index (Phi) is 2.50. The maximum atomic E-state index is 11.7. The largest absolute Gasteiger partial charge is 0.464 e. The molecular formula is C11H15NO3. The van der Waals surface area contributed by atoms with Gasteiger partial charge in [0.05, 0.1) is 12.6 Å². The van der Waals surface area contributed by atoms with Crippen molar-refractivity contribution in [3.8, 4) is 0 Å². The fourth-order valence-electron chi connectivity index (χ4n) is 2.51. The summed E-state index contributed by atoms with van der Waals surface area (Å²) in [6, 6.07) is -0.292. The monoisotopic (exact) mass is 209 g/mol. The molecule has 0 aromatic carbocycles. The van der Waals surface area contributed by atoms with Gasteiger partial charge < -0.3 is 9.64 Å². The van der Waals surface area contributed by atoms with E-state index >= 15 is 0 Å². The van der Waals surface area contributed by atoms with E-state index in [2.05, 4.69) is 0 Å². The van der Waals surface area contributed by atoms with Gasteiger partial charge in [0.25, 0.3) is 0 Å². The Morgan fingerprint density at radius 2 is 2.20 bits per heavy atom. The molecule has 0 saturated carbocycles. The van der Waals surface area contributed by atoms with Crippen molar-refractivity contribution in [2.45, 2.75) is 32.4 Å². The summed E-state index contributed by atoms with van der Waals surface area (Å²) in [6.07, 6.45) is 4.89. The highest BCUT2D eigenvalue weighted by molar-refractivity contribution is 5.85. The molecule has 1 aliphatic heterocycles. The maximum Gasteiger partial charge on any atom is 0.329 e. The SMILES string of the molecule is CCOC(=O)[C@@H]1[C@H]2C=C[C@H](C2)N1C(C)=O. The van der Waals surface area contributed by atoms with E-state index < -0.39 is 6.04 Å². The number of hydrogen-bond acceptors (Lipinski definition) is 3. The highest BCUT2D eigenvalue weighted by atomic mass is 16.5. The Hall–Kier alpha value is -1.32. The number of amides is 1. The van der Waals surface area contributed by atoms with Crippen molar-refractivity contribution < 1.29 is 14.3 Å². The second kappa shape index (κ2) is 3.68. The molecule has 2 rings (SSSR count). The third-order valence-electron chi connectivity index (χ3n) is 3.05. The number of ether oxygens (including phenoxy) is 1. The van der Waals surface area contributed by atoms with Gasteiger partial charge in [-0.2, -0.15) is 0 Å². The van der Waals surface area contributed by atoms with E-state index in [1.165, 1.54) is 6.92 Å². The van der Waals surface area contributed by atoms with Crippen molar-refractivity contribution in [3.05, 3.63) is 12.2 Å². The van der Waals surface area contributed by atoms with Crippen LogP contribution in [0.15, 0.2) is 12.2 Å². The molecule has 2 bridgehead atoms. The van der Waals surface area contributed by atoms with Gasteiger partial charge >= 0.3 is 5.97 Å². The molecule has 15 heavy (non-hydrogen) atoms. The number of esters is 1. The van der Waals surface area contributed by atoms with Gasteiger partial charge in [0.1, 0.15) is 6.04 Å². The molecule has 3 atom stereocenters. The minimum absolute atomic E-state index is 0.0510. The molecule has 1 saturated heterocycles. The topological polar surface area (TPSA) is 46.6 Å². The number of likely N-dealkylation sites (tertiary alicyclic amines) is 1. The van der Waals surface area contributed by atoms with E-state index in [0.717, 1.165) is 6.42 Å². The number of nitrogens with zero attached hydrogens (tertiary/aromatic N) is 1. The molecule has 1 heterocycles. The molecule has 0 aromatic heterocycles. The fourth-order valence-corrected chi connectivity index (χ4v) is 2.51. The van der Waals surface area contributed by atoms with E-state index in [9.17, 15) is 9.59 Å². The predicted octanol–water partition coefficient (Wildman–Crippen LogP) is 0.725. The second-order valence-electron chi connectivity index (χ2n) is 3.97. The summed E-state index contributed by atoms with van der Waals surface area (Å²) in [5, 5.41) is 0. The number of carbonyl (C=O) groups is 2. The van der Waals surface area contributed by atoms with Crippen molar-refractivity contribution in [1.29, 1.82) is 0 Å². The van der Waals surface area contributed by atoms with Crippen molar-refractivity contribution in [2.75, 3.05) is 6.61 Å². The molecule has 0 unspecified atom stereocenters. The van der Waals surface area contributed by atoms with Crippen molar-refractivity contribution in [3.63, 3.8) is 0 Å². The van der Waals surface area contributed by atoms with E-state index in [0.29, 0.717) is 6.61 Å². The first-order valence-electron chi connectivity index (χ1n) is 5.29. The van der Waals surface area contributed by atoms with Gasteiger partial charge in [-0.3, -0.25) is 4.79 Å². The van der Waals surface area contributed by atoms with E-state index in [-0.39, 0.29) is 23.8 Å². The molecule has 0 spiro atoms. The highest BCUT2D eigenvalue weighted by Crippen LogP contribution is 2.37. The minimum atomic E-state index is -0.391. The van der Waals surface area contributed by atoms with Crippen LogP contribution in [0.2, 0.25) is 0 Å². The lowest BCUT2D eigenvalue weighted by molar-refractivity contribution is -0.154. The molecule has 0 aromatic rings. The van der Waals surface area contributed by atoms with E-state index in [4.69, 9.17) is 4.74 Å². The Bertz CT molecular complexity index is 324. The second-order valence-corrected chi connectivity index (χ2v) is 3.97. The molecule has 2 aliphatic rings. The summed E-state index contributed by atoms with van der Waals surface area (Å²) in [5.74, 6) is -0.174. The summed E-state index contributed by atoms with van der Waals surface area (Å²) < 4.78 is 4.99. The summed E-state index contributed by atoms with van der Waals surface area (Å²) in [5.41, 5.74) is 0. The third-order valence-corrected chi connectivity index (χ3v) is 3.05. The molecule has 0 radical (unpaired) electrons. The van der Waals surface area contributed by atoms with Crippen LogP contribution in [-0.2, 0) is 14.3 Å². The van der Waals surface area contributed by atoms with E-state index in [1.54, 1.807) is 11.8 Å². The van der Waals surface area contributed by atoms with Gasteiger partial charge in [-0.05, 0) is 13.3 Å². The molecular weight excluding hydrogens is 194 g/mol. The normalized spacial score (nSPS) is 32.1. The molecule has 82 valence electrons. The zero-order chi connectivity index (χ0) is 11.0. The smallest absolute Gasteiger partial charge is 0.329 e. The van der Waals surface area contributed by atoms with Gasteiger partial charge in [-0.15, -0.1) is 0 Å². The number of carbonyl (C=O) groups excluding carboxylic acids is 2. The summed E-state index contributed by atoms with van der Waals surface area (Å²) in [7, 11) is 0. The first kappa shape index (κ1) is 10.2. The number of rotatable bonds is 2. The van der Waals surface area contributed by atoms with Gasteiger partial charge in [0.2, 0.25) is 5.91 Å². The van der Waals surface area contributed by atoms with Crippen LogP contribution < -0.4 is 0 Å². The lowest BCUT2D eigenvalue weighted by Gasteiger charge is -2.29. The van der Waals surface area contributed by atoms with Crippen LogP contribution in [0.5, 0.6) is 0 Å². The van der Waals surface area contributed by atoms with Crippen LogP contribution in [0.4, 0.5) is 0 Å². The standard InChI is InChI=1S/C11H15NO3/c1-3-15-11(14)10-8-4-5-9(6-8)12(10)7(2)13/h4-5,8-10H,3,6H2,1-2H3/t8-,9+,10-/m0/s1. The predicted molar refractivity (Wildman–Crippen MR) is 54.0 cm³/mol. The van der Waals surface area contributed by atoms with Gasteiger partial charge in [0.15, 0.2) is 0 Å². The molecule has 4 heteroatoms. The number of hydrogen-bond donors (Lipinski definition) is 0. The van der Waals surface area contributed by atoms with Crippen molar-refractivity contribution >= 4 is 11.9 Å². The molecule has 1 aliphatic carbocycles. The van der Waals surface area contributed by atoms with Crippen LogP contribution in [0.25, 0.3) is 0 Å². The average molecular weight is 209 g/mol. The van der Waals surface area contributed by atoms with Crippen LogP contribution in [0.3, 0.4) is 0 Å². The van der Waals surface area contributed by atoms with E-state index in [1.807, 2.05) is 12.2 Å². The summed E-state index contributed by atoms with van der Waals surface area (Å²) in [4.78, 5) is 24.8. The summed E-state index contributed by atoms with van der Waals surface area (Å²) in [6.45, 7) is 3.64. The van der Waals surface area contributed by atoms with Crippen LogP contribution in [0, 0.1) is 5.92 Å². The molecule has 0 N–H and O–H groups in total. The molecule has 1 fully saturated rings.